The number of rotatable bonds is 3. The van der Waals surface area contributed by atoms with Gasteiger partial charge in [0.2, 0.25) is 0 Å². The molecule has 0 spiro atoms. The summed E-state index contributed by atoms with van der Waals surface area (Å²) in [6, 6.07) is 10.9. The smallest absolute Gasteiger partial charge is 0.0509 e. The van der Waals surface area contributed by atoms with Gasteiger partial charge in [-0.1, -0.05) is 30.3 Å². The summed E-state index contributed by atoms with van der Waals surface area (Å²) in [5, 5.41) is 0. The highest BCUT2D eigenvalue weighted by Crippen LogP contribution is 2.41. The van der Waals surface area contributed by atoms with Crippen molar-refractivity contribution in [2.75, 3.05) is 26.4 Å². The molecule has 110 valence electrons. The number of hydrogen-bond acceptors (Lipinski definition) is 3. The monoisotopic (exact) mass is 275 g/mol. The van der Waals surface area contributed by atoms with E-state index in [4.69, 9.17) is 15.2 Å². The van der Waals surface area contributed by atoms with E-state index in [1.54, 1.807) is 0 Å². The number of ether oxygens (including phenoxy) is 2. The van der Waals surface area contributed by atoms with Crippen LogP contribution in [0.3, 0.4) is 0 Å². The second kappa shape index (κ2) is 6.25. The summed E-state index contributed by atoms with van der Waals surface area (Å²) in [7, 11) is 0. The lowest BCUT2D eigenvalue weighted by Crippen LogP contribution is -2.54. The summed E-state index contributed by atoms with van der Waals surface area (Å²) in [6.07, 6.45) is 4.37. The second-order valence-corrected chi connectivity index (χ2v) is 6.14. The molecule has 0 saturated carbocycles. The maximum atomic E-state index is 6.75. The van der Waals surface area contributed by atoms with Crippen molar-refractivity contribution in [3.8, 4) is 0 Å². The molecule has 1 aromatic carbocycles. The molecule has 0 amide bonds. The third-order valence-corrected chi connectivity index (χ3v) is 5.08. The van der Waals surface area contributed by atoms with Crippen LogP contribution in [0.2, 0.25) is 0 Å². The quantitative estimate of drug-likeness (QED) is 0.921. The third kappa shape index (κ3) is 2.62. The predicted octanol–water partition coefficient (Wildman–Crippen LogP) is 2.49. The summed E-state index contributed by atoms with van der Waals surface area (Å²) < 4.78 is 11.3. The van der Waals surface area contributed by atoms with Gasteiger partial charge < -0.3 is 15.2 Å². The molecule has 2 saturated heterocycles. The van der Waals surface area contributed by atoms with Gasteiger partial charge in [0.05, 0.1) is 6.61 Å². The maximum Gasteiger partial charge on any atom is 0.0509 e. The first-order valence-electron chi connectivity index (χ1n) is 7.79. The van der Waals surface area contributed by atoms with Crippen LogP contribution in [0, 0.1) is 5.92 Å². The molecule has 3 heteroatoms. The number of hydrogen-bond donors (Lipinski definition) is 1. The molecule has 2 N–H and O–H groups in total. The van der Waals surface area contributed by atoms with Crippen molar-refractivity contribution in [3.05, 3.63) is 35.9 Å². The fraction of sp³-hybridized carbons (Fsp3) is 0.647. The van der Waals surface area contributed by atoms with E-state index >= 15 is 0 Å². The third-order valence-electron chi connectivity index (χ3n) is 5.08. The maximum absolute atomic E-state index is 6.75. The zero-order valence-electron chi connectivity index (χ0n) is 12.1. The Morgan fingerprint density at radius 3 is 2.45 bits per heavy atom. The number of nitrogens with two attached hydrogens (primary N) is 1. The first-order chi connectivity index (χ1) is 9.83. The highest BCUT2D eigenvalue weighted by Gasteiger charge is 2.43. The Morgan fingerprint density at radius 2 is 1.80 bits per heavy atom. The van der Waals surface area contributed by atoms with Gasteiger partial charge in [-0.3, -0.25) is 0 Å². The summed E-state index contributed by atoms with van der Waals surface area (Å²) in [5.41, 5.74) is 8.19. The van der Waals surface area contributed by atoms with E-state index in [0.29, 0.717) is 5.92 Å². The highest BCUT2D eigenvalue weighted by molar-refractivity contribution is 5.29. The van der Waals surface area contributed by atoms with Crippen LogP contribution in [0.25, 0.3) is 0 Å². The van der Waals surface area contributed by atoms with E-state index in [1.807, 2.05) is 0 Å². The molecule has 0 aromatic heterocycles. The Morgan fingerprint density at radius 1 is 1.05 bits per heavy atom. The largest absolute Gasteiger partial charge is 0.381 e. The lowest BCUT2D eigenvalue weighted by atomic mass is 9.65. The van der Waals surface area contributed by atoms with Gasteiger partial charge in [0.25, 0.3) is 0 Å². The van der Waals surface area contributed by atoms with Crippen molar-refractivity contribution in [2.24, 2.45) is 11.7 Å². The summed E-state index contributed by atoms with van der Waals surface area (Å²) in [4.78, 5) is 0. The van der Waals surface area contributed by atoms with E-state index < -0.39 is 0 Å². The Hall–Kier alpha value is -0.900. The van der Waals surface area contributed by atoms with Crippen LogP contribution < -0.4 is 5.73 Å². The van der Waals surface area contributed by atoms with Crippen molar-refractivity contribution >= 4 is 0 Å². The molecule has 2 heterocycles. The normalized spacial score (nSPS) is 27.9. The zero-order chi connectivity index (χ0) is 13.8. The van der Waals surface area contributed by atoms with Gasteiger partial charge in [0, 0.05) is 31.3 Å². The fourth-order valence-corrected chi connectivity index (χ4v) is 3.82. The van der Waals surface area contributed by atoms with Crippen LogP contribution >= 0.6 is 0 Å². The molecule has 0 bridgehead atoms. The summed E-state index contributed by atoms with van der Waals surface area (Å²) >= 11 is 0. The topological polar surface area (TPSA) is 44.5 Å². The standard InChI is InChI=1S/C17H25NO2/c18-16(14-5-4-10-20-13-14)17(8-11-19-12-9-17)15-6-2-1-3-7-15/h1-3,6-7,14,16H,4-5,8-13,18H2. The Labute approximate surface area is 121 Å². The zero-order valence-corrected chi connectivity index (χ0v) is 12.1. The molecule has 2 atom stereocenters. The SMILES string of the molecule is NC(C1CCCOC1)C1(c2ccccc2)CCOCC1. The molecular weight excluding hydrogens is 250 g/mol. The number of benzene rings is 1. The van der Waals surface area contributed by atoms with Crippen molar-refractivity contribution < 1.29 is 9.47 Å². The molecular formula is C17H25NO2. The molecule has 2 aliphatic rings. The molecule has 1 aromatic rings. The Balaban J connectivity index is 1.88. The van der Waals surface area contributed by atoms with E-state index in [9.17, 15) is 0 Å². The van der Waals surface area contributed by atoms with E-state index in [1.165, 1.54) is 12.0 Å². The van der Waals surface area contributed by atoms with Gasteiger partial charge in [-0.05, 0) is 37.2 Å². The highest BCUT2D eigenvalue weighted by atomic mass is 16.5. The van der Waals surface area contributed by atoms with Crippen molar-refractivity contribution in [1.82, 2.24) is 0 Å². The lowest BCUT2D eigenvalue weighted by Gasteiger charge is -2.46. The molecule has 2 fully saturated rings. The van der Waals surface area contributed by atoms with Crippen LogP contribution in [0.1, 0.15) is 31.2 Å². The molecule has 3 nitrogen and oxygen atoms in total. The molecule has 0 radical (unpaired) electrons. The van der Waals surface area contributed by atoms with E-state index in [0.717, 1.165) is 45.7 Å². The average Bonchev–Trinajstić information content (AvgIpc) is 2.56. The minimum absolute atomic E-state index is 0.0604. The predicted molar refractivity (Wildman–Crippen MR) is 79.7 cm³/mol. The van der Waals surface area contributed by atoms with Crippen LogP contribution in [0.5, 0.6) is 0 Å². The average molecular weight is 275 g/mol. The van der Waals surface area contributed by atoms with Crippen LogP contribution in [0.15, 0.2) is 30.3 Å². The molecule has 20 heavy (non-hydrogen) atoms. The molecule has 3 rings (SSSR count). The van der Waals surface area contributed by atoms with Crippen LogP contribution in [0.4, 0.5) is 0 Å². The summed E-state index contributed by atoms with van der Waals surface area (Å²) in [6.45, 7) is 3.34. The van der Waals surface area contributed by atoms with Crippen LogP contribution in [-0.2, 0) is 14.9 Å². The van der Waals surface area contributed by atoms with Gasteiger partial charge >= 0.3 is 0 Å². The van der Waals surface area contributed by atoms with Crippen LogP contribution in [-0.4, -0.2) is 32.5 Å². The Kier molecular flexibility index (Phi) is 4.39. The van der Waals surface area contributed by atoms with Crippen molar-refractivity contribution in [3.63, 3.8) is 0 Å². The van der Waals surface area contributed by atoms with E-state index in [-0.39, 0.29) is 11.5 Å². The minimum atomic E-state index is 0.0604. The molecule has 0 aliphatic carbocycles. The van der Waals surface area contributed by atoms with Gasteiger partial charge in [-0.25, -0.2) is 0 Å². The first kappa shape index (κ1) is 14.1. The fourth-order valence-electron chi connectivity index (χ4n) is 3.82. The van der Waals surface area contributed by atoms with Gasteiger partial charge in [0.1, 0.15) is 0 Å². The molecule has 2 unspecified atom stereocenters. The van der Waals surface area contributed by atoms with Crippen molar-refractivity contribution in [1.29, 1.82) is 0 Å². The molecule has 2 aliphatic heterocycles. The second-order valence-electron chi connectivity index (χ2n) is 6.14. The Bertz CT molecular complexity index is 408. The van der Waals surface area contributed by atoms with Crippen molar-refractivity contribution in [2.45, 2.75) is 37.1 Å². The lowest BCUT2D eigenvalue weighted by molar-refractivity contribution is -0.00309. The van der Waals surface area contributed by atoms with Gasteiger partial charge in [0.15, 0.2) is 0 Å². The van der Waals surface area contributed by atoms with Gasteiger partial charge in [-0.15, -0.1) is 0 Å². The van der Waals surface area contributed by atoms with Gasteiger partial charge in [-0.2, -0.15) is 0 Å². The summed E-state index contributed by atoms with van der Waals surface area (Å²) in [5.74, 6) is 0.474. The minimum Gasteiger partial charge on any atom is -0.381 e. The first-order valence-corrected chi connectivity index (χ1v) is 7.79. The van der Waals surface area contributed by atoms with E-state index in [2.05, 4.69) is 30.3 Å².